The van der Waals surface area contributed by atoms with Gasteiger partial charge >= 0.3 is 0 Å². The Labute approximate surface area is 204 Å². The highest BCUT2D eigenvalue weighted by Gasteiger charge is 2.18. The molecule has 6 nitrogen and oxygen atoms in total. The number of ether oxygens (including phenoxy) is 2. The molecule has 2 rings (SSSR count). The van der Waals surface area contributed by atoms with Crippen LogP contribution in [0.2, 0.25) is 0 Å². The Balaban J connectivity index is 0.00000450. The zero-order valence-corrected chi connectivity index (χ0v) is 22.0. The van der Waals surface area contributed by atoms with Crippen LogP contribution in [0.15, 0.2) is 21.8 Å². The molecule has 2 heterocycles. The van der Waals surface area contributed by atoms with Crippen LogP contribution in [0, 0.1) is 5.92 Å². The molecular formula is C22H41IN4O2S. The van der Waals surface area contributed by atoms with Crippen LogP contribution in [0.1, 0.15) is 51.6 Å². The molecule has 1 aliphatic rings. The largest absolute Gasteiger partial charge is 0.381 e. The van der Waals surface area contributed by atoms with E-state index in [0.717, 1.165) is 84.4 Å². The number of aliphatic imine (C=N–C) groups is 1. The molecule has 0 bridgehead atoms. The number of hydrogen-bond acceptors (Lipinski definition) is 5. The smallest absolute Gasteiger partial charge is 0.191 e. The van der Waals surface area contributed by atoms with Gasteiger partial charge in [-0.25, -0.2) is 0 Å². The van der Waals surface area contributed by atoms with Crippen molar-refractivity contribution < 1.29 is 9.47 Å². The van der Waals surface area contributed by atoms with Crippen molar-refractivity contribution in [3.8, 4) is 0 Å². The standard InChI is InChI=1S/C22H40N4O2S.HI/c1-4-23-22(24-11-7-12-28-17-19-8-13-27-14-9-19)25-16-21(26(5-2)6-3)20-10-15-29-18-20;/h10,15,18-19,21H,4-9,11-14,16-17H2,1-3H3,(H2,23,24,25);1H. The minimum atomic E-state index is 0. The van der Waals surface area contributed by atoms with E-state index in [2.05, 4.69) is 53.1 Å². The van der Waals surface area contributed by atoms with Crippen LogP contribution in [0.5, 0.6) is 0 Å². The average molecular weight is 553 g/mol. The summed E-state index contributed by atoms with van der Waals surface area (Å²) in [5.74, 6) is 1.56. The summed E-state index contributed by atoms with van der Waals surface area (Å²) in [5, 5.41) is 11.2. The van der Waals surface area contributed by atoms with Crippen LogP contribution in [0.25, 0.3) is 0 Å². The van der Waals surface area contributed by atoms with Crippen molar-refractivity contribution in [3.05, 3.63) is 22.4 Å². The zero-order valence-electron chi connectivity index (χ0n) is 18.9. The Morgan fingerprint density at radius 3 is 2.67 bits per heavy atom. The highest BCUT2D eigenvalue weighted by atomic mass is 127. The second-order valence-corrected chi connectivity index (χ2v) is 8.20. The molecule has 30 heavy (non-hydrogen) atoms. The van der Waals surface area contributed by atoms with Gasteiger partial charge in [-0.1, -0.05) is 13.8 Å². The van der Waals surface area contributed by atoms with Gasteiger partial charge in [0.05, 0.1) is 12.6 Å². The van der Waals surface area contributed by atoms with Crippen molar-refractivity contribution in [2.24, 2.45) is 10.9 Å². The molecule has 0 spiro atoms. The Bertz CT molecular complexity index is 549. The number of rotatable bonds is 13. The Morgan fingerprint density at radius 2 is 2.03 bits per heavy atom. The summed E-state index contributed by atoms with van der Waals surface area (Å²) in [4.78, 5) is 7.35. The van der Waals surface area contributed by atoms with Gasteiger partial charge in [-0.15, -0.1) is 24.0 Å². The first-order valence-electron chi connectivity index (χ1n) is 11.2. The van der Waals surface area contributed by atoms with Crippen molar-refractivity contribution in [1.82, 2.24) is 15.5 Å². The molecule has 1 atom stereocenters. The van der Waals surface area contributed by atoms with Crippen molar-refractivity contribution in [1.29, 1.82) is 0 Å². The van der Waals surface area contributed by atoms with Crippen LogP contribution in [-0.2, 0) is 9.47 Å². The predicted molar refractivity (Wildman–Crippen MR) is 138 cm³/mol. The van der Waals surface area contributed by atoms with Gasteiger partial charge < -0.3 is 20.1 Å². The number of guanidine groups is 1. The summed E-state index contributed by atoms with van der Waals surface area (Å²) < 4.78 is 11.3. The lowest BCUT2D eigenvalue weighted by molar-refractivity contribution is 0.0203. The third kappa shape index (κ3) is 10.3. The molecule has 2 N–H and O–H groups in total. The second kappa shape index (κ2) is 17.2. The quantitative estimate of drug-likeness (QED) is 0.167. The minimum absolute atomic E-state index is 0. The highest BCUT2D eigenvalue weighted by Crippen LogP contribution is 2.23. The molecule has 1 unspecified atom stereocenters. The topological polar surface area (TPSA) is 58.1 Å². The van der Waals surface area contributed by atoms with E-state index in [9.17, 15) is 0 Å². The van der Waals surface area contributed by atoms with E-state index in [-0.39, 0.29) is 24.0 Å². The van der Waals surface area contributed by atoms with Gasteiger partial charge in [-0.05, 0) is 67.6 Å². The lowest BCUT2D eigenvalue weighted by Gasteiger charge is -2.28. The van der Waals surface area contributed by atoms with Crippen molar-refractivity contribution >= 4 is 41.3 Å². The summed E-state index contributed by atoms with van der Waals surface area (Å²) in [6.45, 7) is 14.5. The third-order valence-corrected chi connectivity index (χ3v) is 6.10. The molecule has 8 heteroatoms. The van der Waals surface area contributed by atoms with E-state index in [0.29, 0.717) is 12.0 Å². The average Bonchev–Trinajstić information content (AvgIpc) is 3.28. The molecule has 0 aliphatic carbocycles. The predicted octanol–water partition coefficient (Wildman–Crippen LogP) is 4.14. The van der Waals surface area contributed by atoms with E-state index in [4.69, 9.17) is 14.5 Å². The van der Waals surface area contributed by atoms with Crippen LogP contribution in [0.4, 0.5) is 0 Å². The Hall–Kier alpha value is -0.420. The maximum atomic E-state index is 5.86. The zero-order chi connectivity index (χ0) is 20.7. The van der Waals surface area contributed by atoms with E-state index >= 15 is 0 Å². The van der Waals surface area contributed by atoms with Crippen LogP contribution >= 0.6 is 35.3 Å². The van der Waals surface area contributed by atoms with Gasteiger partial charge in [0.25, 0.3) is 0 Å². The van der Waals surface area contributed by atoms with E-state index in [1.54, 1.807) is 11.3 Å². The Kier molecular flexibility index (Phi) is 15.8. The van der Waals surface area contributed by atoms with Crippen molar-refractivity contribution in [2.45, 2.75) is 46.1 Å². The number of nitrogens with one attached hydrogen (secondary N) is 2. The summed E-state index contributed by atoms with van der Waals surface area (Å²) >= 11 is 1.76. The van der Waals surface area contributed by atoms with Crippen molar-refractivity contribution in [2.75, 3.05) is 59.2 Å². The molecule has 1 aliphatic heterocycles. The van der Waals surface area contributed by atoms with Gasteiger partial charge in [-0.3, -0.25) is 9.89 Å². The summed E-state index contributed by atoms with van der Waals surface area (Å²) in [6, 6.07) is 2.55. The maximum Gasteiger partial charge on any atom is 0.191 e. The SMILES string of the molecule is CCNC(=NCC(c1ccsc1)N(CC)CC)NCCCOCC1CCOCC1.I. The first kappa shape index (κ1) is 27.6. The molecule has 1 fully saturated rings. The maximum absolute atomic E-state index is 5.86. The number of likely N-dealkylation sites (N-methyl/N-ethyl adjacent to an activating group) is 1. The van der Waals surface area contributed by atoms with Gasteiger partial charge in [-0.2, -0.15) is 11.3 Å². The molecular weight excluding hydrogens is 511 g/mol. The van der Waals surface area contributed by atoms with E-state index < -0.39 is 0 Å². The molecule has 174 valence electrons. The molecule has 0 aromatic carbocycles. The van der Waals surface area contributed by atoms with Crippen LogP contribution in [0.3, 0.4) is 0 Å². The first-order chi connectivity index (χ1) is 14.3. The Morgan fingerprint density at radius 1 is 1.27 bits per heavy atom. The van der Waals surface area contributed by atoms with Gasteiger partial charge in [0.15, 0.2) is 5.96 Å². The normalized spacial score (nSPS) is 16.3. The lowest BCUT2D eigenvalue weighted by Crippen LogP contribution is -2.39. The lowest BCUT2D eigenvalue weighted by atomic mass is 10.0. The number of halogens is 1. The molecule has 0 radical (unpaired) electrons. The highest BCUT2D eigenvalue weighted by molar-refractivity contribution is 14.0. The molecule has 0 amide bonds. The summed E-state index contributed by atoms with van der Waals surface area (Å²) in [5.41, 5.74) is 1.36. The number of thiophene rings is 1. The van der Waals surface area contributed by atoms with E-state index in [1.807, 2.05) is 0 Å². The van der Waals surface area contributed by atoms with Gasteiger partial charge in [0, 0.05) is 39.5 Å². The van der Waals surface area contributed by atoms with E-state index in [1.165, 1.54) is 5.56 Å². The van der Waals surface area contributed by atoms with Gasteiger partial charge in [0.1, 0.15) is 0 Å². The number of hydrogen-bond donors (Lipinski definition) is 2. The summed E-state index contributed by atoms with van der Waals surface area (Å²) in [6.07, 6.45) is 3.25. The fourth-order valence-electron chi connectivity index (χ4n) is 3.62. The molecule has 1 aromatic heterocycles. The van der Waals surface area contributed by atoms with Crippen LogP contribution in [-0.4, -0.2) is 70.0 Å². The molecule has 1 aromatic rings. The first-order valence-corrected chi connectivity index (χ1v) is 12.2. The fourth-order valence-corrected chi connectivity index (χ4v) is 4.33. The molecule has 0 saturated carbocycles. The monoisotopic (exact) mass is 552 g/mol. The third-order valence-electron chi connectivity index (χ3n) is 5.40. The number of nitrogens with zero attached hydrogens (tertiary/aromatic N) is 2. The van der Waals surface area contributed by atoms with Crippen molar-refractivity contribution in [3.63, 3.8) is 0 Å². The fraction of sp³-hybridized carbons (Fsp3) is 0.773. The second-order valence-electron chi connectivity index (χ2n) is 7.42. The van der Waals surface area contributed by atoms with Gasteiger partial charge in [0.2, 0.25) is 0 Å². The minimum Gasteiger partial charge on any atom is -0.381 e. The van der Waals surface area contributed by atoms with Crippen LogP contribution < -0.4 is 10.6 Å². The summed E-state index contributed by atoms with van der Waals surface area (Å²) in [7, 11) is 0. The molecule has 1 saturated heterocycles.